The number of hydrogen-bond acceptors (Lipinski definition) is 3. The van der Waals surface area contributed by atoms with Crippen LogP contribution in [0, 0.1) is 11.7 Å². The van der Waals surface area contributed by atoms with Gasteiger partial charge in [0.2, 0.25) is 0 Å². The molecule has 5 heteroatoms. The number of nitrogens with one attached hydrogen (secondary N) is 1. The van der Waals surface area contributed by atoms with Gasteiger partial charge in [-0.1, -0.05) is 0 Å². The minimum Gasteiger partial charge on any atom is -0.385 e. The minimum atomic E-state index is 0.717. The van der Waals surface area contributed by atoms with Gasteiger partial charge in [0.25, 0.3) is 0 Å². The Labute approximate surface area is 89.3 Å². The number of aromatic nitrogens is 3. The largest absolute Gasteiger partial charge is 0.385 e. The van der Waals surface area contributed by atoms with Gasteiger partial charge in [-0.05, 0) is 38.4 Å². The fraction of sp³-hybridized carbons (Fsp3) is 0.778. The van der Waals surface area contributed by atoms with Crippen molar-refractivity contribution in [2.24, 2.45) is 0 Å². The van der Waals surface area contributed by atoms with Crippen molar-refractivity contribution >= 4 is 12.2 Å². The van der Waals surface area contributed by atoms with E-state index in [1.54, 1.807) is 7.11 Å². The fourth-order valence-electron chi connectivity index (χ4n) is 1.35. The second-order valence-electron chi connectivity index (χ2n) is 3.28. The van der Waals surface area contributed by atoms with Gasteiger partial charge in [0, 0.05) is 20.3 Å². The van der Waals surface area contributed by atoms with Gasteiger partial charge < -0.3 is 9.30 Å². The maximum atomic E-state index is 5.09. The summed E-state index contributed by atoms with van der Waals surface area (Å²) in [6.45, 7) is 3.75. The Hall–Kier alpha value is -0.680. The fourth-order valence-corrected chi connectivity index (χ4v) is 1.62. The molecule has 80 valence electrons. The van der Waals surface area contributed by atoms with Gasteiger partial charge in [0.05, 0.1) is 0 Å². The molecule has 0 saturated heterocycles. The minimum absolute atomic E-state index is 0.717. The second kappa shape index (κ2) is 5.93. The molecule has 14 heavy (non-hydrogen) atoms. The number of ether oxygens (including phenoxy) is 1. The Morgan fingerprint density at radius 2 is 2.21 bits per heavy atom. The molecule has 1 N–H and O–H groups in total. The monoisotopic (exact) mass is 215 g/mol. The lowest BCUT2D eigenvalue weighted by atomic mass is 10.2. The van der Waals surface area contributed by atoms with Crippen molar-refractivity contribution in [3.63, 3.8) is 0 Å². The average molecular weight is 215 g/mol. The number of nitrogens with zero attached hydrogens (tertiary/aromatic N) is 2. The lowest BCUT2D eigenvalue weighted by molar-refractivity contribution is 0.191. The molecular weight excluding hydrogens is 198 g/mol. The highest BCUT2D eigenvalue weighted by Crippen LogP contribution is 2.02. The average Bonchev–Trinajstić information content (AvgIpc) is 2.48. The van der Waals surface area contributed by atoms with E-state index in [0.717, 1.165) is 31.8 Å². The van der Waals surface area contributed by atoms with E-state index in [-0.39, 0.29) is 0 Å². The number of aryl methyl sites for hydroxylation is 1. The first-order valence-electron chi connectivity index (χ1n) is 4.86. The van der Waals surface area contributed by atoms with E-state index in [0.29, 0.717) is 4.77 Å². The number of methoxy groups -OCH3 is 1. The first-order chi connectivity index (χ1) is 6.75. The van der Waals surface area contributed by atoms with Crippen LogP contribution in [0.5, 0.6) is 0 Å². The summed E-state index contributed by atoms with van der Waals surface area (Å²) in [5.74, 6) is 0.960. The molecule has 0 radical (unpaired) electrons. The van der Waals surface area contributed by atoms with Gasteiger partial charge in [-0.2, -0.15) is 5.10 Å². The van der Waals surface area contributed by atoms with Crippen LogP contribution >= 0.6 is 12.2 Å². The molecule has 0 aromatic carbocycles. The summed E-state index contributed by atoms with van der Waals surface area (Å²) in [7, 11) is 1.73. The normalized spacial score (nSPS) is 10.7. The topological polar surface area (TPSA) is 42.8 Å². The molecule has 0 atom stereocenters. The molecule has 0 bridgehead atoms. The van der Waals surface area contributed by atoms with Gasteiger partial charge in [-0.3, -0.25) is 5.10 Å². The third-order valence-electron chi connectivity index (χ3n) is 2.18. The summed E-state index contributed by atoms with van der Waals surface area (Å²) < 4.78 is 7.73. The summed E-state index contributed by atoms with van der Waals surface area (Å²) >= 11 is 5.09. The van der Waals surface area contributed by atoms with Crippen LogP contribution in [-0.2, 0) is 11.3 Å². The third kappa shape index (κ3) is 3.23. The van der Waals surface area contributed by atoms with Crippen molar-refractivity contribution in [2.45, 2.75) is 32.7 Å². The van der Waals surface area contributed by atoms with Crippen molar-refractivity contribution in [3.05, 3.63) is 10.6 Å². The summed E-state index contributed by atoms with van der Waals surface area (Å²) in [4.78, 5) is 0. The number of unbranched alkanes of at least 4 members (excludes halogenated alkanes) is 2. The zero-order valence-electron chi connectivity index (χ0n) is 8.75. The molecule has 4 nitrogen and oxygen atoms in total. The third-order valence-corrected chi connectivity index (χ3v) is 2.49. The molecule has 0 aliphatic carbocycles. The van der Waals surface area contributed by atoms with Crippen molar-refractivity contribution in [1.82, 2.24) is 14.8 Å². The van der Waals surface area contributed by atoms with Gasteiger partial charge in [-0.15, -0.1) is 0 Å². The standard InChI is InChI=1S/C9H17N3OS/c1-8-10-11-9(14)12(8)6-4-3-5-7-13-2/h3-7H2,1-2H3,(H,11,14). The molecule has 1 aromatic heterocycles. The maximum Gasteiger partial charge on any atom is 0.195 e. The highest BCUT2D eigenvalue weighted by atomic mass is 32.1. The number of hydrogen-bond donors (Lipinski definition) is 1. The molecule has 1 rings (SSSR count). The zero-order chi connectivity index (χ0) is 10.4. The number of rotatable bonds is 6. The van der Waals surface area contributed by atoms with E-state index < -0.39 is 0 Å². The molecule has 0 saturated carbocycles. The highest BCUT2D eigenvalue weighted by molar-refractivity contribution is 7.71. The quantitative estimate of drug-likeness (QED) is 0.583. The van der Waals surface area contributed by atoms with Crippen LogP contribution in [0.4, 0.5) is 0 Å². The molecule has 0 spiro atoms. The predicted molar refractivity (Wildman–Crippen MR) is 57.9 cm³/mol. The molecule has 0 aliphatic heterocycles. The Bertz CT molecular complexity index is 318. The molecule has 1 aromatic rings. The second-order valence-corrected chi connectivity index (χ2v) is 3.67. The lowest BCUT2D eigenvalue weighted by Crippen LogP contribution is -2.01. The van der Waals surface area contributed by atoms with Crippen LogP contribution in [0.15, 0.2) is 0 Å². The van der Waals surface area contributed by atoms with E-state index in [9.17, 15) is 0 Å². The smallest absolute Gasteiger partial charge is 0.195 e. The molecular formula is C9H17N3OS. The number of aromatic amines is 1. The van der Waals surface area contributed by atoms with E-state index in [1.807, 2.05) is 11.5 Å². The van der Waals surface area contributed by atoms with Crippen molar-refractivity contribution < 1.29 is 4.74 Å². The molecule has 1 heterocycles. The van der Waals surface area contributed by atoms with Crippen LogP contribution in [-0.4, -0.2) is 28.5 Å². The first-order valence-corrected chi connectivity index (χ1v) is 5.27. The van der Waals surface area contributed by atoms with Crippen LogP contribution < -0.4 is 0 Å². The Morgan fingerprint density at radius 3 is 2.79 bits per heavy atom. The van der Waals surface area contributed by atoms with Crippen molar-refractivity contribution in [2.75, 3.05) is 13.7 Å². The predicted octanol–water partition coefficient (Wildman–Crippen LogP) is 2.07. The Morgan fingerprint density at radius 1 is 1.43 bits per heavy atom. The van der Waals surface area contributed by atoms with Crippen molar-refractivity contribution in [1.29, 1.82) is 0 Å². The molecule has 0 fully saturated rings. The highest BCUT2D eigenvalue weighted by Gasteiger charge is 1.99. The van der Waals surface area contributed by atoms with E-state index >= 15 is 0 Å². The van der Waals surface area contributed by atoms with Gasteiger partial charge in [0.15, 0.2) is 4.77 Å². The van der Waals surface area contributed by atoms with E-state index in [2.05, 4.69) is 10.2 Å². The van der Waals surface area contributed by atoms with Crippen molar-refractivity contribution in [3.8, 4) is 0 Å². The van der Waals surface area contributed by atoms with Crippen LogP contribution in [0.3, 0.4) is 0 Å². The van der Waals surface area contributed by atoms with Crippen LogP contribution in [0.2, 0.25) is 0 Å². The maximum absolute atomic E-state index is 5.09. The summed E-state index contributed by atoms with van der Waals surface area (Å²) in [6.07, 6.45) is 3.40. The lowest BCUT2D eigenvalue weighted by Gasteiger charge is -2.03. The Kier molecular flexibility index (Phi) is 4.82. The summed E-state index contributed by atoms with van der Waals surface area (Å²) in [6, 6.07) is 0. The van der Waals surface area contributed by atoms with Gasteiger partial charge in [-0.25, -0.2) is 0 Å². The van der Waals surface area contributed by atoms with Gasteiger partial charge in [0.1, 0.15) is 5.82 Å². The van der Waals surface area contributed by atoms with E-state index in [4.69, 9.17) is 17.0 Å². The molecule has 0 aliphatic rings. The summed E-state index contributed by atoms with van der Waals surface area (Å²) in [5, 5.41) is 6.83. The van der Waals surface area contributed by atoms with Crippen LogP contribution in [0.25, 0.3) is 0 Å². The van der Waals surface area contributed by atoms with Gasteiger partial charge >= 0.3 is 0 Å². The molecule has 0 amide bonds. The first kappa shape index (κ1) is 11.4. The summed E-state index contributed by atoms with van der Waals surface area (Å²) in [5.41, 5.74) is 0. The molecule has 0 unspecified atom stereocenters. The zero-order valence-corrected chi connectivity index (χ0v) is 9.56. The SMILES string of the molecule is COCCCCCn1c(C)n[nH]c1=S. The number of H-pyrrole nitrogens is 1. The van der Waals surface area contributed by atoms with E-state index in [1.165, 1.54) is 6.42 Å². The van der Waals surface area contributed by atoms with Crippen LogP contribution in [0.1, 0.15) is 25.1 Å². The Balaban J connectivity index is 2.28.